The van der Waals surface area contributed by atoms with Crippen LogP contribution in [0.2, 0.25) is 0 Å². The first-order valence-corrected chi connectivity index (χ1v) is 21.2. The van der Waals surface area contributed by atoms with Gasteiger partial charge in [0.1, 0.15) is 9.81 Å². The fourth-order valence-corrected chi connectivity index (χ4v) is 7.95. The normalized spacial score (nSPS) is 15.6. The van der Waals surface area contributed by atoms with Gasteiger partial charge < -0.3 is 10.6 Å². The van der Waals surface area contributed by atoms with Gasteiger partial charge >= 0.3 is 6.03 Å². The Kier molecular flexibility index (Phi) is 10.3. The van der Waals surface area contributed by atoms with Gasteiger partial charge in [0, 0.05) is 22.5 Å². The highest BCUT2D eigenvalue weighted by Crippen LogP contribution is 2.31. The number of Topliss-reactive ketones (excluding diaryl/α,β-unsaturated/α-hetero) is 2. The van der Waals surface area contributed by atoms with Gasteiger partial charge in [0.2, 0.25) is 11.6 Å². The molecule has 0 spiro atoms. The summed E-state index contributed by atoms with van der Waals surface area (Å²) in [5.41, 5.74) is 5.75. The Balaban J connectivity index is 1.09. The van der Waals surface area contributed by atoms with E-state index in [9.17, 15) is 53.3 Å². The fraction of sp³-hybridized carbons (Fsp3) is 0.0263. The number of hydrazone groups is 2. The first-order valence-electron chi connectivity index (χ1n) is 16.9. The number of rotatable bonds is 9. The maximum Gasteiger partial charge on any atom is 0.323 e. The lowest BCUT2D eigenvalue weighted by Gasteiger charge is -2.18. The van der Waals surface area contributed by atoms with Crippen molar-refractivity contribution in [2.24, 2.45) is 10.2 Å². The molecule has 5 aromatic carbocycles. The van der Waals surface area contributed by atoms with Crippen LogP contribution in [-0.2, 0) is 30.4 Å². The van der Waals surface area contributed by atoms with Crippen molar-refractivity contribution in [3.8, 4) is 0 Å². The van der Waals surface area contributed by atoms with Crippen molar-refractivity contribution >= 4 is 105 Å². The van der Waals surface area contributed by atoms with Crippen molar-refractivity contribution in [1.29, 1.82) is 0 Å². The number of para-hydroxylation sites is 1. The average Bonchev–Trinajstić information content (AvgIpc) is 3.16. The van der Waals surface area contributed by atoms with Crippen LogP contribution in [0.4, 0.5) is 27.5 Å². The predicted molar refractivity (Wildman–Crippen MR) is 220 cm³/mol. The molecule has 0 heterocycles. The van der Waals surface area contributed by atoms with Crippen molar-refractivity contribution in [1.82, 2.24) is 0 Å². The average molecular weight is 857 g/mol. The molecule has 0 aromatic heterocycles. The minimum atomic E-state index is -5.03. The molecule has 21 heteroatoms. The Bertz CT molecular complexity index is 3160. The first-order chi connectivity index (χ1) is 27.8. The lowest BCUT2D eigenvalue weighted by molar-refractivity contribution is 0.105. The molecular weight excluding hydrogens is 829 g/mol. The SMILES string of the molecule is Cc1ccccc1N/N=C1/C(=O)c2ccc(NC(=O)Nc3ccc4c(c3)C=C(S(=O)(=O)O)/C(=N/Nc3ccc5cc(S(=O)(=O)O)ccc5c3)C4=O)cc2C=C1S(=O)(=O)O. The summed E-state index contributed by atoms with van der Waals surface area (Å²) in [5, 5.41) is 13.9. The Hall–Kier alpha value is -6.88. The van der Waals surface area contributed by atoms with Crippen LogP contribution in [0.25, 0.3) is 22.9 Å². The number of ketones is 2. The van der Waals surface area contributed by atoms with Crippen molar-refractivity contribution in [2.45, 2.75) is 11.8 Å². The van der Waals surface area contributed by atoms with Gasteiger partial charge in [-0.15, -0.1) is 0 Å². The third-order valence-corrected chi connectivity index (χ3v) is 11.6. The molecule has 2 aliphatic carbocycles. The van der Waals surface area contributed by atoms with Crippen molar-refractivity contribution < 1.29 is 53.3 Å². The summed E-state index contributed by atoms with van der Waals surface area (Å²) in [5.74, 6) is -1.71. The molecule has 0 fully saturated rings. The number of amides is 2. The number of nitrogens with zero attached hydrogens (tertiary/aromatic N) is 2. The number of benzene rings is 5. The Labute approximate surface area is 335 Å². The molecule has 2 aliphatic rings. The van der Waals surface area contributed by atoms with E-state index in [1.54, 1.807) is 31.2 Å². The topological polar surface area (TPSA) is 287 Å². The minimum Gasteiger partial charge on any atom is -0.308 e. The maximum absolute atomic E-state index is 13.5. The fourth-order valence-electron chi connectivity index (χ4n) is 6.12. The molecule has 7 N–H and O–H groups in total. The van der Waals surface area contributed by atoms with Crippen molar-refractivity contribution in [2.75, 3.05) is 21.5 Å². The molecular formula is C38H28N6O12S3. The molecule has 7 rings (SSSR count). The molecule has 5 aromatic rings. The Morgan fingerprint density at radius 2 is 1.05 bits per heavy atom. The molecule has 0 aliphatic heterocycles. The van der Waals surface area contributed by atoms with E-state index in [2.05, 4.69) is 31.7 Å². The van der Waals surface area contributed by atoms with E-state index >= 15 is 0 Å². The number of allylic oxidation sites excluding steroid dienone is 2. The smallest absolute Gasteiger partial charge is 0.308 e. The van der Waals surface area contributed by atoms with E-state index in [0.29, 0.717) is 16.5 Å². The number of hydrogen-bond acceptors (Lipinski definition) is 13. The van der Waals surface area contributed by atoms with E-state index in [4.69, 9.17) is 0 Å². The lowest BCUT2D eigenvalue weighted by Crippen LogP contribution is -2.27. The largest absolute Gasteiger partial charge is 0.323 e. The summed E-state index contributed by atoms with van der Waals surface area (Å²) in [6.07, 6.45) is 2.02. The maximum atomic E-state index is 13.5. The summed E-state index contributed by atoms with van der Waals surface area (Å²) in [7, 11) is -14.4. The summed E-state index contributed by atoms with van der Waals surface area (Å²) in [6.45, 7) is 1.77. The highest BCUT2D eigenvalue weighted by molar-refractivity contribution is 7.91. The van der Waals surface area contributed by atoms with E-state index < -0.39 is 69.2 Å². The standard InChI is InChI=1S/C38H28N6O12S3/c1-20-4-2-3-5-31(20)42-44-35-33(59(54,55)56)19-24-16-26(10-13-30(24)37(35)46)40-38(47)39-25-9-12-29-23(15-25)18-32(58(51,52)53)34(36(29)45)43-41-27-8-6-22-17-28(57(48,49)50)11-7-21(22)14-27/h2-19,41-42H,1H3,(H2,39,40,47)(H,48,49,50)(H,51,52,53)(H,54,55,56)/b43-34-,44-35+. The molecule has 0 unspecified atom stereocenters. The molecule has 0 atom stereocenters. The predicted octanol–water partition coefficient (Wildman–Crippen LogP) is 5.83. The van der Waals surface area contributed by atoms with Gasteiger partial charge in [-0.05, 0) is 113 Å². The monoisotopic (exact) mass is 856 g/mol. The Morgan fingerprint density at radius 3 is 1.58 bits per heavy atom. The zero-order valence-electron chi connectivity index (χ0n) is 30.0. The van der Waals surface area contributed by atoms with E-state index in [1.807, 2.05) is 0 Å². The van der Waals surface area contributed by atoms with Gasteiger partial charge in [0.25, 0.3) is 30.4 Å². The van der Waals surface area contributed by atoms with Gasteiger partial charge in [-0.1, -0.05) is 30.3 Å². The third-order valence-electron chi connectivity index (χ3n) is 8.97. The molecule has 0 saturated carbocycles. The van der Waals surface area contributed by atoms with Crippen LogP contribution >= 0.6 is 0 Å². The van der Waals surface area contributed by atoms with E-state index in [1.165, 1.54) is 72.8 Å². The van der Waals surface area contributed by atoms with Crippen LogP contribution in [0, 0.1) is 6.92 Å². The van der Waals surface area contributed by atoms with E-state index in [0.717, 1.165) is 17.7 Å². The summed E-state index contributed by atoms with van der Waals surface area (Å²) < 4.78 is 102. The number of aryl methyl sites for hydroxylation is 1. The second-order valence-corrected chi connectivity index (χ2v) is 17.2. The van der Waals surface area contributed by atoms with Crippen molar-refractivity contribution in [3.63, 3.8) is 0 Å². The van der Waals surface area contributed by atoms with Crippen LogP contribution < -0.4 is 21.5 Å². The molecule has 0 radical (unpaired) electrons. The highest BCUT2D eigenvalue weighted by Gasteiger charge is 2.34. The molecule has 300 valence electrons. The number of carbonyl (C=O) groups is 3. The number of hydrogen-bond donors (Lipinski definition) is 7. The quantitative estimate of drug-likeness (QED) is 0.0679. The van der Waals surface area contributed by atoms with E-state index in [-0.39, 0.29) is 44.2 Å². The van der Waals surface area contributed by atoms with Gasteiger partial charge in [-0.2, -0.15) is 35.5 Å². The lowest BCUT2D eigenvalue weighted by atomic mass is 9.94. The van der Waals surface area contributed by atoms with Crippen LogP contribution in [0.15, 0.2) is 122 Å². The molecule has 0 saturated heterocycles. The summed E-state index contributed by atoms with van der Waals surface area (Å²) in [6, 6.07) is 22.3. The zero-order valence-corrected chi connectivity index (χ0v) is 32.5. The number of urea groups is 1. The van der Waals surface area contributed by atoms with Gasteiger partial charge in [-0.3, -0.25) is 34.1 Å². The molecule has 0 bridgehead atoms. The zero-order chi connectivity index (χ0) is 42.4. The van der Waals surface area contributed by atoms with Gasteiger partial charge in [-0.25, -0.2) is 4.79 Å². The molecule has 18 nitrogen and oxygen atoms in total. The van der Waals surface area contributed by atoms with Crippen molar-refractivity contribution in [3.05, 3.63) is 135 Å². The van der Waals surface area contributed by atoms with Crippen LogP contribution in [0.1, 0.15) is 37.4 Å². The number of carbonyl (C=O) groups excluding carboxylic acids is 3. The molecule has 2 amide bonds. The van der Waals surface area contributed by atoms with Crippen LogP contribution in [0.5, 0.6) is 0 Å². The third kappa shape index (κ3) is 8.55. The van der Waals surface area contributed by atoms with Gasteiger partial charge in [0.15, 0.2) is 11.4 Å². The first kappa shape index (κ1) is 40.3. The second-order valence-electron chi connectivity index (χ2n) is 13.0. The van der Waals surface area contributed by atoms with Crippen LogP contribution in [-0.4, -0.2) is 67.9 Å². The summed E-state index contributed by atoms with van der Waals surface area (Å²) in [4.78, 5) is 38.0. The number of anilines is 4. The highest BCUT2D eigenvalue weighted by atomic mass is 32.2. The Morgan fingerprint density at radius 1 is 0.559 bits per heavy atom. The van der Waals surface area contributed by atoms with Crippen LogP contribution in [0.3, 0.4) is 0 Å². The number of fused-ring (bicyclic) bond motifs is 3. The number of nitrogens with one attached hydrogen (secondary N) is 4. The summed E-state index contributed by atoms with van der Waals surface area (Å²) >= 11 is 0. The second kappa shape index (κ2) is 15.1. The molecule has 59 heavy (non-hydrogen) atoms. The van der Waals surface area contributed by atoms with Gasteiger partial charge in [0.05, 0.1) is 16.3 Å². The minimum absolute atomic E-state index is 0.00396.